The molecule has 0 N–H and O–H groups in total. The van der Waals surface area contributed by atoms with Gasteiger partial charge in [-0.3, -0.25) is 0 Å². The summed E-state index contributed by atoms with van der Waals surface area (Å²) in [5.74, 6) is -1.08. The maximum Gasteiger partial charge on any atom is 0.0383 e. The number of carbonyl (C=O) groups excluding carboxylic acids is 1. The van der Waals surface area contributed by atoms with Gasteiger partial charge in [0.15, 0.2) is 0 Å². The first kappa shape index (κ1) is 8.89. The summed E-state index contributed by atoms with van der Waals surface area (Å²) in [6, 6.07) is 0. The monoisotopic (exact) mass is 118 g/mol. The molecule has 0 atom stereocenters. The Labute approximate surface area is 46.6 Å². The maximum atomic E-state index is 8.89. The third kappa shape index (κ3) is 143000. The normalized spacial score (nSPS) is 5.00. The fourth-order valence-corrected chi connectivity index (χ4v) is 0. The molecule has 0 spiro atoms. The van der Waals surface area contributed by atoms with E-state index in [2.05, 4.69) is 0 Å². The molecule has 1 radical (unpaired) electrons. The zero-order valence-corrected chi connectivity index (χ0v) is 3.87. The Bertz CT molecular complexity index is 39.5. The van der Waals surface area contributed by atoms with Crippen molar-refractivity contribution in [3.05, 3.63) is 0 Å². The Balaban J connectivity index is -0.00000000450. The van der Waals surface area contributed by atoms with Crippen LogP contribution in [0.25, 0.3) is 0 Å². The SMILES string of the molecule is CC(=O)[O-].[H-].[H-].[H-].[H-].[Mn]. The van der Waals surface area contributed by atoms with Crippen molar-refractivity contribution in [3.8, 4) is 0 Å². The van der Waals surface area contributed by atoms with Gasteiger partial charge < -0.3 is 15.6 Å². The smallest absolute Gasteiger partial charge is 0.0383 e. The molecule has 0 bridgehead atoms. The number of hydrogen-bond donors (Lipinski definition) is 0. The van der Waals surface area contributed by atoms with Gasteiger partial charge >= 0.3 is 0 Å². The van der Waals surface area contributed by atoms with E-state index in [1.165, 1.54) is 0 Å². The topological polar surface area (TPSA) is 40.1 Å². The fourth-order valence-electron chi connectivity index (χ4n) is 0. The summed E-state index contributed by atoms with van der Waals surface area (Å²) in [4.78, 5) is 8.89. The van der Waals surface area contributed by atoms with E-state index in [9.17, 15) is 0 Å². The van der Waals surface area contributed by atoms with E-state index < -0.39 is 5.97 Å². The molecule has 0 saturated carbocycles. The number of carboxylic acid groups (broad SMARTS) is 1. The first-order chi connectivity index (χ1) is 1.73. The number of carbonyl (C=O) groups is 1. The summed E-state index contributed by atoms with van der Waals surface area (Å²) in [6.07, 6.45) is 0. The van der Waals surface area contributed by atoms with Crippen LogP contribution in [-0.4, -0.2) is 5.97 Å². The second-order valence-electron chi connectivity index (χ2n) is 0.492. The van der Waals surface area contributed by atoms with Crippen LogP contribution in [0.2, 0.25) is 0 Å². The molecule has 0 amide bonds. The molecule has 39 valence electrons. The van der Waals surface area contributed by atoms with Crippen LogP contribution < -0.4 is 5.11 Å². The third-order valence-corrected chi connectivity index (χ3v) is 0. The summed E-state index contributed by atoms with van der Waals surface area (Å²) in [7, 11) is 0. The van der Waals surface area contributed by atoms with E-state index in [1.807, 2.05) is 0 Å². The molecule has 0 rings (SSSR count). The molecule has 0 saturated heterocycles. The number of carboxylic acids is 1. The third-order valence-electron chi connectivity index (χ3n) is 0. The van der Waals surface area contributed by atoms with Crippen molar-refractivity contribution in [2.45, 2.75) is 6.92 Å². The van der Waals surface area contributed by atoms with Gasteiger partial charge in [-0.05, 0) is 6.92 Å². The molecular weight excluding hydrogens is 111 g/mol. The van der Waals surface area contributed by atoms with Crippen LogP contribution in [0.1, 0.15) is 12.6 Å². The van der Waals surface area contributed by atoms with Crippen LogP contribution in [0, 0.1) is 0 Å². The molecule has 0 fully saturated rings. The van der Waals surface area contributed by atoms with Gasteiger partial charge in [-0.25, -0.2) is 0 Å². The molecule has 2 nitrogen and oxygen atoms in total. The summed E-state index contributed by atoms with van der Waals surface area (Å²) in [5, 5.41) is 8.89. The van der Waals surface area contributed by atoms with E-state index in [-0.39, 0.29) is 22.8 Å². The van der Waals surface area contributed by atoms with E-state index in [4.69, 9.17) is 9.90 Å². The van der Waals surface area contributed by atoms with E-state index in [0.29, 0.717) is 0 Å². The van der Waals surface area contributed by atoms with Crippen molar-refractivity contribution < 1.29 is 32.7 Å². The largest absolute Gasteiger partial charge is 1.00 e. The maximum absolute atomic E-state index is 8.89. The van der Waals surface area contributed by atoms with Crippen molar-refractivity contribution in [2.24, 2.45) is 0 Å². The van der Waals surface area contributed by atoms with Gasteiger partial charge in [0.05, 0.1) is 0 Å². The predicted octanol–water partition coefficient (Wildman–Crippen LogP) is -0.796. The number of hydrogen-bond acceptors (Lipinski definition) is 2. The van der Waals surface area contributed by atoms with E-state index in [1.54, 1.807) is 0 Å². The van der Waals surface area contributed by atoms with Crippen LogP contribution in [0.5, 0.6) is 0 Å². The second kappa shape index (κ2) is 3.99. The Kier molecular flexibility index (Phi) is 7.09. The standard InChI is InChI=1S/C2H4O2.Mn.4H/c1-2(3)4;;;;;/h1H3,(H,3,4);;;;;/q;;4*-1/p-1. The fraction of sp³-hybridized carbons (Fsp3) is 0.500. The van der Waals surface area contributed by atoms with Crippen molar-refractivity contribution in [3.63, 3.8) is 0 Å². The van der Waals surface area contributed by atoms with Gasteiger partial charge in [-0.1, -0.05) is 0 Å². The summed E-state index contributed by atoms with van der Waals surface area (Å²) in [6.45, 7) is 0.972. The van der Waals surface area contributed by atoms with Crippen LogP contribution in [0.3, 0.4) is 0 Å². The Hall–Kier alpha value is -0.0105. The Morgan fingerprint density at radius 2 is 2.00 bits per heavy atom. The molecule has 0 aromatic heterocycles. The number of rotatable bonds is 0. The first-order valence-corrected chi connectivity index (χ1v) is 0.908. The Morgan fingerprint density at radius 3 is 2.00 bits per heavy atom. The van der Waals surface area contributed by atoms with Gasteiger partial charge in [0.1, 0.15) is 0 Å². The van der Waals surface area contributed by atoms with Crippen molar-refractivity contribution in [1.29, 1.82) is 0 Å². The minimum Gasteiger partial charge on any atom is -1.00 e. The second-order valence-corrected chi connectivity index (χ2v) is 0.492. The van der Waals surface area contributed by atoms with Gasteiger partial charge in [0.25, 0.3) is 0 Å². The van der Waals surface area contributed by atoms with Gasteiger partial charge in [0, 0.05) is 23.0 Å². The molecule has 0 aliphatic rings. The van der Waals surface area contributed by atoms with Crippen LogP contribution in [-0.2, 0) is 21.9 Å². The molecule has 0 aromatic carbocycles. The van der Waals surface area contributed by atoms with Crippen molar-refractivity contribution in [2.75, 3.05) is 0 Å². The van der Waals surface area contributed by atoms with Crippen LogP contribution in [0.15, 0.2) is 0 Å². The van der Waals surface area contributed by atoms with Crippen LogP contribution >= 0.6 is 0 Å². The average Bonchev–Trinajstić information content (AvgIpc) is 0.811. The molecule has 5 heavy (non-hydrogen) atoms. The molecule has 3 heteroatoms. The summed E-state index contributed by atoms with van der Waals surface area (Å²) >= 11 is 0. The van der Waals surface area contributed by atoms with Crippen molar-refractivity contribution in [1.82, 2.24) is 0 Å². The minimum atomic E-state index is -1.08. The molecule has 0 aromatic rings. The molecular formula is C2H7MnO2-5. The zero-order valence-electron chi connectivity index (χ0n) is 6.69. The first-order valence-electron chi connectivity index (χ1n) is 0.908. The Morgan fingerprint density at radius 1 is 2.00 bits per heavy atom. The molecule has 0 aliphatic heterocycles. The zero-order chi connectivity index (χ0) is 3.58. The molecule has 0 aliphatic carbocycles. The summed E-state index contributed by atoms with van der Waals surface area (Å²) in [5.41, 5.74) is 0. The summed E-state index contributed by atoms with van der Waals surface area (Å²) < 4.78 is 0. The van der Waals surface area contributed by atoms with Gasteiger partial charge in [-0.15, -0.1) is 0 Å². The quantitative estimate of drug-likeness (QED) is 0.391. The number of aliphatic carboxylic acids is 1. The molecule has 0 unspecified atom stereocenters. The van der Waals surface area contributed by atoms with Crippen molar-refractivity contribution >= 4 is 5.97 Å². The minimum absolute atomic E-state index is 0. The van der Waals surface area contributed by atoms with Gasteiger partial charge in [-0.2, -0.15) is 0 Å². The average molecular weight is 118 g/mol. The van der Waals surface area contributed by atoms with Crippen LogP contribution in [0.4, 0.5) is 0 Å². The van der Waals surface area contributed by atoms with E-state index in [0.717, 1.165) is 6.92 Å². The van der Waals surface area contributed by atoms with Gasteiger partial charge in [0.2, 0.25) is 0 Å². The molecule has 0 heterocycles. The predicted molar refractivity (Wildman–Crippen MR) is 15.1 cm³/mol. The van der Waals surface area contributed by atoms with E-state index >= 15 is 0 Å².